The third-order valence-corrected chi connectivity index (χ3v) is 4.15. The highest BCUT2D eigenvalue weighted by Gasteiger charge is 2.11. The van der Waals surface area contributed by atoms with Crippen molar-refractivity contribution in [2.75, 3.05) is 20.3 Å². The highest BCUT2D eigenvalue weighted by atomic mass is 31.1. The van der Waals surface area contributed by atoms with Crippen LogP contribution in [0.5, 0.6) is 0 Å². The summed E-state index contributed by atoms with van der Waals surface area (Å²) in [4.78, 5) is 2.44. The minimum Gasteiger partial charge on any atom is -0.311 e. The first-order valence-corrected chi connectivity index (χ1v) is 8.18. The van der Waals surface area contributed by atoms with Gasteiger partial charge in [-0.3, -0.25) is 4.57 Å². The minimum absolute atomic E-state index is 0.456. The molecule has 0 aromatic rings. The molecule has 0 bridgehead atoms. The van der Waals surface area contributed by atoms with Crippen molar-refractivity contribution in [1.29, 1.82) is 0 Å². The first-order chi connectivity index (χ1) is 8.44. The van der Waals surface area contributed by atoms with Gasteiger partial charge in [0.25, 0.3) is 0 Å². The van der Waals surface area contributed by atoms with Gasteiger partial charge in [0.15, 0.2) is 0 Å². The molecule has 0 aromatic carbocycles. The highest BCUT2D eigenvalue weighted by Crippen LogP contribution is 2.21. The summed E-state index contributed by atoms with van der Waals surface area (Å²) in [6.07, 6.45) is 2.50. The maximum Gasteiger partial charge on any atom is 0.319 e. The molecule has 0 rings (SSSR count). The molecule has 0 aromatic heterocycles. The Labute approximate surface area is 114 Å². The summed E-state index contributed by atoms with van der Waals surface area (Å²) < 4.78 is 19.6. The van der Waals surface area contributed by atoms with Crippen LogP contribution in [-0.2, 0) is 13.6 Å². The van der Waals surface area contributed by atoms with Crippen molar-refractivity contribution in [1.82, 2.24) is 4.90 Å². The number of hydrogen-bond acceptors (Lipinski definition) is 4. The molecule has 0 aliphatic carbocycles. The molecule has 0 radical (unpaired) electrons. The van der Waals surface area contributed by atoms with E-state index in [0.29, 0.717) is 13.2 Å². The maximum atomic E-state index is 10.4. The topological polar surface area (TPSA) is 38.8 Å². The molecule has 2 atom stereocenters. The molecule has 112 valence electrons. The van der Waals surface area contributed by atoms with E-state index in [-0.39, 0.29) is 0 Å². The predicted octanol–water partition coefficient (Wildman–Crippen LogP) is 3.96. The standard InChI is InChI=1S/C9H21N.C4H11O3P/c1-6-8(3)10(5)9(4)7-2;1-3-6-8(5)7-4-2/h8-9H,6-7H2,1-5H3;8H,3-4H2,1-2H3. The van der Waals surface area contributed by atoms with Gasteiger partial charge >= 0.3 is 8.25 Å². The Hall–Kier alpha value is 0.110. The van der Waals surface area contributed by atoms with Crippen LogP contribution in [0.25, 0.3) is 0 Å². The summed E-state index contributed by atoms with van der Waals surface area (Å²) in [5, 5.41) is 0. The Balaban J connectivity index is 0. The van der Waals surface area contributed by atoms with Gasteiger partial charge in [-0.05, 0) is 47.6 Å². The zero-order chi connectivity index (χ0) is 14.6. The van der Waals surface area contributed by atoms with Crippen LogP contribution in [0, 0.1) is 0 Å². The van der Waals surface area contributed by atoms with Gasteiger partial charge in [0.1, 0.15) is 0 Å². The lowest BCUT2D eigenvalue weighted by Gasteiger charge is -2.29. The average molecular weight is 281 g/mol. The van der Waals surface area contributed by atoms with Crippen LogP contribution >= 0.6 is 8.25 Å². The lowest BCUT2D eigenvalue weighted by atomic mass is 10.1. The number of nitrogens with zero attached hydrogens (tertiary/aromatic N) is 1. The molecule has 2 unspecified atom stereocenters. The average Bonchev–Trinajstić information content (AvgIpc) is 2.37. The van der Waals surface area contributed by atoms with E-state index in [4.69, 9.17) is 0 Å². The van der Waals surface area contributed by atoms with Crippen molar-refractivity contribution in [3.8, 4) is 0 Å². The Bertz CT molecular complexity index is 185. The van der Waals surface area contributed by atoms with Crippen LogP contribution in [0.15, 0.2) is 0 Å². The van der Waals surface area contributed by atoms with Gasteiger partial charge in [-0.15, -0.1) is 0 Å². The van der Waals surface area contributed by atoms with Gasteiger partial charge in [0, 0.05) is 12.1 Å². The predicted molar refractivity (Wildman–Crippen MR) is 79.5 cm³/mol. The van der Waals surface area contributed by atoms with Crippen molar-refractivity contribution in [2.45, 2.75) is 66.5 Å². The van der Waals surface area contributed by atoms with E-state index in [1.807, 2.05) is 0 Å². The first kappa shape index (κ1) is 20.4. The number of hydrogen-bond donors (Lipinski definition) is 0. The first-order valence-electron chi connectivity index (χ1n) is 6.95. The van der Waals surface area contributed by atoms with Crippen molar-refractivity contribution in [2.24, 2.45) is 0 Å². The van der Waals surface area contributed by atoms with Crippen molar-refractivity contribution < 1.29 is 13.6 Å². The summed E-state index contributed by atoms with van der Waals surface area (Å²) in [5.74, 6) is 0. The molecule has 0 aliphatic rings. The Morgan fingerprint density at radius 3 is 1.50 bits per heavy atom. The van der Waals surface area contributed by atoms with Crippen LogP contribution in [0.2, 0.25) is 0 Å². The smallest absolute Gasteiger partial charge is 0.311 e. The Morgan fingerprint density at radius 2 is 1.28 bits per heavy atom. The molecule has 0 amide bonds. The fourth-order valence-electron chi connectivity index (χ4n) is 1.29. The summed E-state index contributed by atoms with van der Waals surface area (Å²) in [6.45, 7) is 13.5. The minimum atomic E-state index is -2.14. The second-order valence-corrected chi connectivity index (χ2v) is 5.37. The molecule has 0 aliphatic heterocycles. The molecule has 0 saturated heterocycles. The van der Waals surface area contributed by atoms with Crippen LogP contribution in [0.1, 0.15) is 54.4 Å². The molecule has 5 heteroatoms. The molecule has 0 saturated carbocycles. The fraction of sp³-hybridized carbons (Fsp3) is 1.00. The van der Waals surface area contributed by atoms with E-state index < -0.39 is 8.25 Å². The SMILES string of the molecule is CCC(C)N(C)C(C)CC.CCO[PH](=O)OCC. The third-order valence-electron chi connectivity index (χ3n) is 3.10. The molecule has 0 spiro atoms. The van der Waals surface area contributed by atoms with Gasteiger partial charge in [-0.2, -0.15) is 0 Å². The Morgan fingerprint density at radius 1 is 0.944 bits per heavy atom. The zero-order valence-corrected chi connectivity index (χ0v) is 14.2. The molecule has 4 nitrogen and oxygen atoms in total. The van der Waals surface area contributed by atoms with Gasteiger partial charge in [0.2, 0.25) is 0 Å². The number of rotatable bonds is 8. The monoisotopic (exact) mass is 281 g/mol. The van der Waals surface area contributed by atoms with E-state index in [9.17, 15) is 4.57 Å². The summed E-state index contributed by atoms with van der Waals surface area (Å²) in [6, 6.07) is 1.46. The van der Waals surface area contributed by atoms with E-state index >= 15 is 0 Å². The van der Waals surface area contributed by atoms with Crippen LogP contribution in [0.4, 0.5) is 0 Å². The van der Waals surface area contributed by atoms with Crippen LogP contribution in [0.3, 0.4) is 0 Å². The van der Waals surface area contributed by atoms with Crippen LogP contribution < -0.4 is 0 Å². The molecular formula is C13H32NO3P. The van der Waals surface area contributed by atoms with E-state index in [1.165, 1.54) is 12.8 Å². The molecule has 18 heavy (non-hydrogen) atoms. The van der Waals surface area contributed by atoms with Crippen molar-refractivity contribution in [3.63, 3.8) is 0 Å². The van der Waals surface area contributed by atoms with E-state index in [2.05, 4.69) is 48.7 Å². The third kappa shape index (κ3) is 11.2. The van der Waals surface area contributed by atoms with Crippen molar-refractivity contribution in [3.05, 3.63) is 0 Å². The van der Waals surface area contributed by atoms with Gasteiger partial charge in [-0.1, -0.05) is 13.8 Å². The lowest BCUT2D eigenvalue weighted by Crippen LogP contribution is -2.35. The molecule has 0 N–H and O–H groups in total. The normalized spacial score (nSPS) is 14.3. The summed E-state index contributed by atoms with van der Waals surface area (Å²) in [7, 11) is 0.0692. The largest absolute Gasteiger partial charge is 0.319 e. The Kier molecular flexibility index (Phi) is 15.4. The highest BCUT2D eigenvalue weighted by molar-refractivity contribution is 7.33. The fourth-order valence-corrected chi connectivity index (χ4v) is 1.84. The summed E-state index contributed by atoms with van der Waals surface area (Å²) in [5.41, 5.74) is 0. The van der Waals surface area contributed by atoms with E-state index in [1.54, 1.807) is 13.8 Å². The molecular weight excluding hydrogens is 249 g/mol. The van der Waals surface area contributed by atoms with Gasteiger partial charge in [0.05, 0.1) is 13.2 Å². The zero-order valence-electron chi connectivity index (χ0n) is 13.2. The van der Waals surface area contributed by atoms with Gasteiger partial charge < -0.3 is 13.9 Å². The lowest BCUT2D eigenvalue weighted by molar-refractivity contribution is 0.187. The summed E-state index contributed by atoms with van der Waals surface area (Å²) >= 11 is 0. The second kappa shape index (κ2) is 13.5. The van der Waals surface area contributed by atoms with Gasteiger partial charge in [-0.25, -0.2) is 0 Å². The molecule has 0 heterocycles. The quantitative estimate of drug-likeness (QED) is 0.631. The van der Waals surface area contributed by atoms with Crippen LogP contribution in [-0.4, -0.2) is 37.2 Å². The van der Waals surface area contributed by atoms with Crippen molar-refractivity contribution >= 4 is 8.25 Å². The van der Waals surface area contributed by atoms with E-state index in [0.717, 1.165) is 12.1 Å². The second-order valence-electron chi connectivity index (χ2n) is 4.30. The molecule has 0 fully saturated rings. The maximum absolute atomic E-state index is 10.4.